The molecule has 3 rings (SSSR count). The molecule has 0 bridgehead atoms. The number of benzene rings is 2. The van der Waals surface area contributed by atoms with Gasteiger partial charge in [-0.25, -0.2) is 13.2 Å². The first-order chi connectivity index (χ1) is 15.2. The van der Waals surface area contributed by atoms with Gasteiger partial charge in [0.15, 0.2) is 0 Å². The summed E-state index contributed by atoms with van der Waals surface area (Å²) in [6, 6.07) is 14.5. The van der Waals surface area contributed by atoms with Crippen LogP contribution in [0.4, 0.5) is 15.7 Å². The third-order valence-corrected chi connectivity index (χ3v) is 6.47. The largest absolute Gasteiger partial charge is 0.462 e. The summed E-state index contributed by atoms with van der Waals surface area (Å²) in [6.07, 6.45) is 0. The van der Waals surface area contributed by atoms with Gasteiger partial charge < -0.3 is 10.1 Å². The Morgan fingerprint density at radius 1 is 1.06 bits per heavy atom. The summed E-state index contributed by atoms with van der Waals surface area (Å²) in [7, 11) is -3.97. The van der Waals surface area contributed by atoms with Gasteiger partial charge in [0.2, 0.25) is 0 Å². The van der Waals surface area contributed by atoms with Gasteiger partial charge in [0, 0.05) is 6.07 Å². The normalized spacial score (nSPS) is 10.9. The van der Waals surface area contributed by atoms with Crippen LogP contribution >= 0.6 is 11.3 Å². The molecule has 1 aromatic heterocycles. The van der Waals surface area contributed by atoms with Gasteiger partial charge in [-0.05, 0) is 42.5 Å². The van der Waals surface area contributed by atoms with Crippen LogP contribution in [-0.4, -0.2) is 31.8 Å². The van der Waals surface area contributed by atoms with Crippen LogP contribution in [0.5, 0.6) is 0 Å². The van der Waals surface area contributed by atoms with Crippen molar-refractivity contribution in [1.82, 2.24) is 0 Å². The smallest absolute Gasteiger partial charge is 0.341 e. The minimum atomic E-state index is -3.97. The Morgan fingerprint density at radius 3 is 2.38 bits per heavy atom. The number of sulfonamides is 1. The second kappa shape index (κ2) is 9.58. The summed E-state index contributed by atoms with van der Waals surface area (Å²) < 4.78 is 32.6. The minimum Gasteiger partial charge on any atom is -0.462 e. The van der Waals surface area contributed by atoms with E-state index in [1.165, 1.54) is 30.3 Å². The molecule has 0 aliphatic heterocycles. The number of nitrogens with one attached hydrogen (secondary N) is 2. The first-order valence-corrected chi connectivity index (χ1v) is 11.5. The number of carbonyl (C=O) groups is 2. The van der Waals surface area contributed by atoms with Gasteiger partial charge in [0.1, 0.15) is 10.6 Å². The molecular weight excluding hydrogens is 458 g/mol. The van der Waals surface area contributed by atoms with Crippen LogP contribution in [0.15, 0.2) is 65.6 Å². The van der Waals surface area contributed by atoms with Gasteiger partial charge in [-0.15, -0.1) is 0 Å². The molecule has 3 aromatic rings. The van der Waals surface area contributed by atoms with Crippen molar-refractivity contribution >= 4 is 48.9 Å². The van der Waals surface area contributed by atoms with Crippen molar-refractivity contribution in [3.8, 4) is 0 Å². The summed E-state index contributed by atoms with van der Waals surface area (Å²) in [5.74, 6) is -1.59. The first kappa shape index (κ1) is 22.9. The molecule has 0 fully saturated rings. The standard InChI is InChI=1S/C20H17N3O7S2/c1-2-30-20(25)15-12-17(23(26)27)31-19(15)21-18(24)14-10-6-7-11-16(14)22-32(28,29)13-8-4-3-5-9-13/h3-12,22H,2H2,1H3,(H,21,24). The predicted molar refractivity (Wildman–Crippen MR) is 119 cm³/mol. The number of hydrogen-bond donors (Lipinski definition) is 2. The number of nitro groups is 1. The van der Waals surface area contributed by atoms with E-state index in [2.05, 4.69) is 10.0 Å². The number of para-hydroxylation sites is 1. The highest BCUT2D eigenvalue weighted by molar-refractivity contribution is 7.92. The van der Waals surface area contributed by atoms with Gasteiger partial charge in [0.25, 0.3) is 15.9 Å². The van der Waals surface area contributed by atoms with Crippen molar-refractivity contribution in [3.63, 3.8) is 0 Å². The van der Waals surface area contributed by atoms with Crippen LogP contribution in [0.1, 0.15) is 27.6 Å². The summed E-state index contributed by atoms with van der Waals surface area (Å²) >= 11 is 0.590. The van der Waals surface area contributed by atoms with Crippen LogP contribution in [0.3, 0.4) is 0 Å². The lowest BCUT2D eigenvalue weighted by atomic mass is 10.1. The summed E-state index contributed by atoms with van der Waals surface area (Å²) in [5.41, 5.74) is -0.213. The summed E-state index contributed by atoms with van der Waals surface area (Å²) in [5, 5.41) is 13.1. The number of ether oxygens (including phenoxy) is 1. The van der Waals surface area contributed by atoms with Crippen molar-refractivity contribution < 1.29 is 27.7 Å². The molecule has 0 saturated carbocycles. The Morgan fingerprint density at radius 2 is 1.72 bits per heavy atom. The van der Waals surface area contributed by atoms with E-state index in [4.69, 9.17) is 4.74 Å². The summed E-state index contributed by atoms with van der Waals surface area (Å²) in [6.45, 7) is 1.62. The average molecular weight is 476 g/mol. The fourth-order valence-electron chi connectivity index (χ4n) is 2.67. The molecule has 0 saturated heterocycles. The molecule has 0 aliphatic carbocycles. The number of hydrogen-bond acceptors (Lipinski definition) is 8. The lowest BCUT2D eigenvalue weighted by Gasteiger charge is -2.12. The zero-order valence-electron chi connectivity index (χ0n) is 16.6. The molecule has 1 amide bonds. The van der Waals surface area contributed by atoms with Crippen molar-refractivity contribution in [3.05, 3.63) is 81.9 Å². The highest BCUT2D eigenvalue weighted by atomic mass is 32.2. The van der Waals surface area contributed by atoms with Gasteiger partial charge in [-0.1, -0.05) is 30.3 Å². The highest BCUT2D eigenvalue weighted by Crippen LogP contribution is 2.35. The molecular formula is C20H17N3O7S2. The maximum absolute atomic E-state index is 12.9. The fraction of sp³-hybridized carbons (Fsp3) is 0.100. The lowest BCUT2D eigenvalue weighted by molar-refractivity contribution is -0.380. The number of rotatable bonds is 8. The fourth-order valence-corrected chi connectivity index (χ4v) is 4.62. The van der Waals surface area contributed by atoms with Crippen LogP contribution in [-0.2, 0) is 14.8 Å². The van der Waals surface area contributed by atoms with Gasteiger partial charge in [-0.3, -0.25) is 19.6 Å². The van der Waals surface area contributed by atoms with Gasteiger partial charge in [0.05, 0.1) is 27.7 Å². The molecule has 10 nitrogen and oxygen atoms in total. The van der Waals surface area contributed by atoms with E-state index in [1.807, 2.05) is 0 Å². The van der Waals surface area contributed by atoms with Crippen LogP contribution in [0, 0.1) is 10.1 Å². The first-order valence-electron chi connectivity index (χ1n) is 9.16. The third kappa shape index (κ3) is 5.10. The van der Waals surface area contributed by atoms with Crippen LogP contribution < -0.4 is 10.0 Å². The molecule has 0 atom stereocenters. The Labute approximate surface area is 187 Å². The molecule has 0 radical (unpaired) electrons. The Hall–Kier alpha value is -3.77. The van der Waals surface area contributed by atoms with Crippen molar-refractivity contribution in [2.24, 2.45) is 0 Å². The van der Waals surface area contributed by atoms with E-state index in [1.54, 1.807) is 31.2 Å². The zero-order chi connectivity index (χ0) is 23.3. The van der Waals surface area contributed by atoms with Crippen molar-refractivity contribution in [2.75, 3.05) is 16.6 Å². The highest BCUT2D eigenvalue weighted by Gasteiger charge is 2.25. The third-order valence-electron chi connectivity index (χ3n) is 4.09. The molecule has 2 aromatic carbocycles. The minimum absolute atomic E-state index is 0.00223. The topological polar surface area (TPSA) is 145 Å². The molecule has 0 unspecified atom stereocenters. The number of anilines is 2. The molecule has 2 N–H and O–H groups in total. The predicted octanol–water partition coefficient (Wildman–Crippen LogP) is 3.89. The molecule has 32 heavy (non-hydrogen) atoms. The number of amides is 1. The Kier molecular flexibility index (Phi) is 6.85. The van der Waals surface area contributed by atoms with E-state index in [0.717, 1.165) is 6.07 Å². The number of nitrogens with zero attached hydrogens (tertiary/aromatic N) is 1. The van der Waals surface area contributed by atoms with E-state index in [0.29, 0.717) is 11.3 Å². The quantitative estimate of drug-likeness (QED) is 0.286. The Balaban J connectivity index is 1.92. The monoisotopic (exact) mass is 475 g/mol. The molecule has 12 heteroatoms. The van der Waals surface area contributed by atoms with Crippen LogP contribution in [0.25, 0.3) is 0 Å². The maximum Gasteiger partial charge on any atom is 0.341 e. The number of esters is 1. The zero-order valence-corrected chi connectivity index (χ0v) is 18.2. The summed E-state index contributed by atoms with van der Waals surface area (Å²) in [4.78, 5) is 35.5. The molecule has 166 valence electrons. The van der Waals surface area contributed by atoms with Gasteiger partial charge in [-0.2, -0.15) is 0 Å². The Bertz CT molecular complexity index is 1270. The van der Waals surface area contributed by atoms with Crippen molar-refractivity contribution in [1.29, 1.82) is 0 Å². The van der Waals surface area contributed by atoms with E-state index >= 15 is 0 Å². The van der Waals surface area contributed by atoms with E-state index < -0.39 is 26.8 Å². The van der Waals surface area contributed by atoms with E-state index in [9.17, 15) is 28.1 Å². The second-order valence-corrected chi connectivity index (χ2v) is 8.94. The SMILES string of the molecule is CCOC(=O)c1cc([N+](=O)[O-])sc1NC(=O)c1ccccc1NS(=O)(=O)c1ccccc1. The van der Waals surface area contributed by atoms with Gasteiger partial charge >= 0.3 is 11.0 Å². The average Bonchev–Trinajstić information content (AvgIpc) is 3.19. The lowest BCUT2D eigenvalue weighted by Crippen LogP contribution is -2.19. The van der Waals surface area contributed by atoms with E-state index in [-0.39, 0.29) is 38.3 Å². The number of thiophene rings is 1. The molecule has 1 heterocycles. The maximum atomic E-state index is 12.9. The van der Waals surface area contributed by atoms with Crippen LogP contribution in [0.2, 0.25) is 0 Å². The number of carbonyl (C=O) groups excluding carboxylic acids is 2. The molecule has 0 aliphatic rings. The van der Waals surface area contributed by atoms with Crippen molar-refractivity contribution in [2.45, 2.75) is 11.8 Å². The second-order valence-electron chi connectivity index (χ2n) is 6.22. The molecule has 0 spiro atoms.